The molecule has 3 nitrogen and oxygen atoms in total. The quantitative estimate of drug-likeness (QED) is 0.722. The predicted octanol–water partition coefficient (Wildman–Crippen LogP) is 2.00. The smallest absolute Gasteiger partial charge is 0.518 e. The van der Waals surface area contributed by atoms with Crippen molar-refractivity contribution in [3.05, 3.63) is 66.7 Å². The van der Waals surface area contributed by atoms with Crippen molar-refractivity contribution in [2.75, 3.05) is 0 Å². The zero-order valence-corrected chi connectivity index (χ0v) is 10.2. The van der Waals surface area contributed by atoms with Crippen molar-refractivity contribution in [3.63, 3.8) is 0 Å². The normalized spacial score (nSPS) is 10.4. The summed E-state index contributed by atoms with van der Waals surface area (Å²) in [5.74, 6) is 0.412. The highest BCUT2D eigenvalue weighted by Gasteiger charge is 2.18. The zero-order chi connectivity index (χ0) is 13.1. The summed E-state index contributed by atoms with van der Waals surface area (Å²) in [5.41, 5.74) is 1.55. The second-order valence-corrected chi connectivity index (χ2v) is 4.22. The molecule has 3 rings (SSSR count). The summed E-state index contributed by atoms with van der Waals surface area (Å²) >= 11 is 0. The monoisotopic (exact) mass is 249 g/mol. The van der Waals surface area contributed by atoms with Crippen LogP contribution in [0, 0.1) is 0 Å². The molecule has 0 spiro atoms. The lowest BCUT2D eigenvalue weighted by Crippen LogP contribution is -2.36. The SMILES string of the molecule is OB(Oc1ccc2ccccc2n1)c1ccccc1. The third-order valence-corrected chi connectivity index (χ3v) is 2.89. The molecule has 2 aromatic carbocycles. The molecule has 0 atom stereocenters. The van der Waals surface area contributed by atoms with Crippen LogP contribution in [0.15, 0.2) is 66.7 Å². The number of benzene rings is 2. The number of hydrogen-bond acceptors (Lipinski definition) is 3. The fraction of sp³-hybridized carbons (Fsp3) is 0. The van der Waals surface area contributed by atoms with Crippen LogP contribution in [-0.2, 0) is 0 Å². The van der Waals surface area contributed by atoms with E-state index in [1.807, 2.05) is 60.7 Å². The number of hydrogen-bond donors (Lipinski definition) is 1. The van der Waals surface area contributed by atoms with E-state index in [2.05, 4.69) is 4.98 Å². The molecule has 0 aliphatic carbocycles. The average Bonchev–Trinajstić information content (AvgIpc) is 2.48. The largest absolute Gasteiger partial charge is 0.561 e. The van der Waals surface area contributed by atoms with E-state index in [9.17, 15) is 5.02 Å². The number of rotatable bonds is 3. The fourth-order valence-corrected chi connectivity index (χ4v) is 1.91. The number of aromatic nitrogens is 1. The number of nitrogens with zero attached hydrogens (tertiary/aromatic N) is 1. The second-order valence-electron chi connectivity index (χ2n) is 4.22. The third kappa shape index (κ3) is 2.58. The highest BCUT2D eigenvalue weighted by Crippen LogP contribution is 2.16. The van der Waals surface area contributed by atoms with Crippen molar-refractivity contribution in [1.29, 1.82) is 0 Å². The van der Waals surface area contributed by atoms with Crippen LogP contribution in [0.4, 0.5) is 0 Å². The Kier molecular flexibility index (Phi) is 3.17. The fourth-order valence-electron chi connectivity index (χ4n) is 1.91. The van der Waals surface area contributed by atoms with Gasteiger partial charge in [-0.1, -0.05) is 48.5 Å². The highest BCUT2D eigenvalue weighted by atomic mass is 16.5. The number of fused-ring (bicyclic) bond motifs is 1. The van der Waals surface area contributed by atoms with Gasteiger partial charge in [0, 0.05) is 5.39 Å². The molecule has 1 aromatic heterocycles. The van der Waals surface area contributed by atoms with Crippen molar-refractivity contribution < 1.29 is 9.68 Å². The van der Waals surface area contributed by atoms with Crippen LogP contribution in [-0.4, -0.2) is 17.1 Å². The van der Waals surface area contributed by atoms with Crippen LogP contribution in [0.2, 0.25) is 0 Å². The Balaban J connectivity index is 1.85. The van der Waals surface area contributed by atoms with Crippen molar-refractivity contribution in [2.45, 2.75) is 0 Å². The summed E-state index contributed by atoms with van der Waals surface area (Å²) in [6, 6.07) is 20.7. The standard InChI is InChI=1S/C15H12BNO2/c18-16(13-7-2-1-3-8-13)19-15-11-10-12-6-4-5-9-14(12)17-15/h1-11,18H. The summed E-state index contributed by atoms with van der Waals surface area (Å²) in [4.78, 5) is 4.36. The summed E-state index contributed by atoms with van der Waals surface area (Å²) in [6.45, 7) is 0. The van der Waals surface area contributed by atoms with E-state index >= 15 is 0 Å². The molecule has 0 fully saturated rings. The van der Waals surface area contributed by atoms with E-state index in [-0.39, 0.29) is 0 Å². The average molecular weight is 249 g/mol. The molecule has 92 valence electrons. The Morgan fingerprint density at radius 2 is 1.58 bits per heavy atom. The molecular formula is C15H12BNO2. The van der Waals surface area contributed by atoms with Crippen LogP contribution < -0.4 is 10.1 Å². The topological polar surface area (TPSA) is 42.4 Å². The summed E-state index contributed by atoms with van der Waals surface area (Å²) in [5, 5.41) is 11.0. The lowest BCUT2D eigenvalue weighted by Gasteiger charge is -2.09. The summed E-state index contributed by atoms with van der Waals surface area (Å²) in [7, 11) is -1.00. The number of pyridine rings is 1. The first-order valence-corrected chi connectivity index (χ1v) is 6.08. The Hall–Kier alpha value is -2.33. The lowest BCUT2D eigenvalue weighted by molar-refractivity contribution is 0.424. The highest BCUT2D eigenvalue weighted by molar-refractivity contribution is 6.60. The molecule has 4 heteroatoms. The van der Waals surface area contributed by atoms with Gasteiger partial charge in [0.15, 0.2) is 5.88 Å². The summed E-state index contributed by atoms with van der Waals surface area (Å²) < 4.78 is 5.45. The minimum absolute atomic E-state index is 0.412. The molecule has 0 bridgehead atoms. The first-order chi connectivity index (χ1) is 9.33. The van der Waals surface area contributed by atoms with Gasteiger partial charge in [-0.2, -0.15) is 0 Å². The van der Waals surface area contributed by atoms with Crippen LogP contribution in [0.25, 0.3) is 10.9 Å². The van der Waals surface area contributed by atoms with E-state index in [1.54, 1.807) is 6.07 Å². The molecule has 0 radical (unpaired) electrons. The first-order valence-electron chi connectivity index (χ1n) is 6.08. The van der Waals surface area contributed by atoms with Gasteiger partial charge in [-0.05, 0) is 23.7 Å². The van der Waals surface area contributed by atoms with Crippen molar-refractivity contribution in [3.8, 4) is 5.88 Å². The van der Waals surface area contributed by atoms with Crippen molar-refractivity contribution in [2.24, 2.45) is 0 Å². The Labute approximate surface area is 111 Å². The Morgan fingerprint density at radius 1 is 0.842 bits per heavy atom. The van der Waals surface area contributed by atoms with Gasteiger partial charge < -0.3 is 9.68 Å². The molecule has 0 aliphatic rings. The van der Waals surface area contributed by atoms with Gasteiger partial charge >= 0.3 is 7.12 Å². The van der Waals surface area contributed by atoms with E-state index < -0.39 is 7.12 Å². The van der Waals surface area contributed by atoms with Crippen LogP contribution in [0.1, 0.15) is 0 Å². The molecule has 1 N–H and O–H groups in total. The van der Waals surface area contributed by atoms with Crippen LogP contribution in [0.3, 0.4) is 0 Å². The van der Waals surface area contributed by atoms with E-state index in [0.717, 1.165) is 10.9 Å². The molecular weight excluding hydrogens is 237 g/mol. The molecule has 3 aromatic rings. The van der Waals surface area contributed by atoms with Crippen molar-refractivity contribution >= 4 is 23.5 Å². The van der Waals surface area contributed by atoms with E-state index in [0.29, 0.717) is 11.3 Å². The van der Waals surface area contributed by atoms with Crippen LogP contribution in [0.5, 0.6) is 5.88 Å². The van der Waals surface area contributed by atoms with Gasteiger partial charge in [0.05, 0.1) is 5.52 Å². The summed E-state index contributed by atoms with van der Waals surface area (Å²) in [6.07, 6.45) is 0. The molecule has 0 amide bonds. The molecule has 19 heavy (non-hydrogen) atoms. The maximum absolute atomic E-state index is 9.98. The van der Waals surface area contributed by atoms with Gasteiger partial charge in [0.25, 0.3) is 0 Å². The van der Waals surface area contributed by atoms with E-state index in [1.165, 1.54) is 0 Å². The van der Waals surface area contributed by atoms with Gasteiger partial charge in [0.2, 0.25) is 0 Å². The minimum Gasteiger partial charge on any atom is -0.518 e. The molecule has 0 unspecified atom stereocenters. The number of para-hydroxylation sites is 1. The molecule has 0 aliphatic heterocycles. The van der Waals surface area contributed by atoms with Gasteiger partial charge in [-0.15, -0.1) is 0 Å². The van der Waals surface area contributed by atoms with Crippen molar-refractivity contribution in [1.82, 2.24) is 4.98 Å². The van der Waals surface area contributed by atoms with Crippen LogP contribution >= 0.6 is 0 Å². The second kappa shape index (κ2) is 5.12. The van der Waals surface area contributed by atoms with Gasteiger partial charge in [-0.3, -0.25) is 0 Å². The predicted molar refractivity (Wildman–Crippen MR) is 76.4 cm³/mol. The zero-order valence-electron chi connectivity index (χ0n) is 10.2. The van der Waals surface area contributed by atoms with E-state index in [4.69, 9.17) is 4.65 Å². The molecule has 0 saturated carbocycles. The first kappa shape index (κ1) is 11.7. The lowest BCUT2D eigenvalue weighted by atomic mass is 9.80. The third-order valence-electron chi connectivity index (χ3n) is 2.89. The molecule has 0 saturated heterocycles. The maximum Gasteiger partial charge on any atom is 0.561 e. The van der Waals surface area contributed by atoms with Gasteiger partial charge in [0.1, 0.15) is 0 Å². The Morgan fingerprint density at radius 3 is 2.42 bits per heavy atom. The minimum atomic E-state index is -1.00. The van der Waals surface area contributed by atoms with Gasteiger partial charge in [-0.25, -0.2) is 4.98 Å². The maximum atomic E-state index is 9.98. The Bertz CT molecular complexity index is 688. The molecule has 1 heterocycles.